The molecule has 1 aliphatic rings. The van der Waals surface area contributed by atoms with E-state index < -0.39 is 5.97 Å². The van der Waals surface area contributed by atoms with E-state index in [4.69, 9.17) is 5.11 Å². The number of carbonyl (C=O) groups excluding carboxylic acids is 1. The molecule has 1 aromatic rings. The summed E-state index contributed by atoms with van der Waals surface area (Å²) in [6.07, 6.45) is 0.981. The van der Waals surface area contributed by atoms with Crippen LogP contribution in [0.5, 0.6) is 0 Å². The molecule has 2 rings (SSSR count). The van der Waals surface area contributed by atoms with Crippen molar-refractivity contribution in [2.24, 2.45) is 11.8 Å². The average molecular weight is 276 g/mol. The smallest absolute Gasteiger partial charge is 0.337 e. The third kappa shape index (κ3) is 3.10. The molecule has 0 aromatic heterocycles. The van der Waals surface area contributed by atoms with E-state index in [1.807, 2.05) is 0 Å². The Hall–Kier alpha value is -2.04. The second kappa shape index (κ2) is 5.94. The van der Waals surface area contributed by atoms with Crippen LogP contribution in [-0.2, 0) is 0 Å². The molecule has 2 N–H and O–H groups in total. The fraction of sp³-hybridized carbons (Fsp3) is 0.467. The van der Waals surface area contributed by atoms with E-state index >= 15 is 0 Å². The van der Waals surface area contributed by atoms with Gasteiger partial charge < -0.3 is 15.3 Å². The molecule has 1 aliphatic heterocycles. The van der Waals surface area contributed by atoms with Crippen LogP contribution < -0.4 is 5.32 Å². The molecule has 2 amide bonds. The maximum atomic E-state index is 12.2. The number of carboxylic acid groups (broad SMARTS) is 1. The minimum atomic E-state index is -1.04. The predicted octanol–water partition coefficient (Wildman–Crippen LogP) is 2.89. The van der Waals surface area contributed by atoms with Crippen LogP contribution in [0.4, 0.5) is 10.5 Å². The summed E-state index contributed by atoms with van der Waals surface area (Å²) in [5.74, 6) is 0.0381. The summed E-state index contributed by atoms with van der Waals surface area (Å²) in [5, 5.41) is 11.8. The van der Waals surface area contributed by atoms with Crippen LogP contribution >= 0.6 is 0 Å². The average Bonchev–Trinajstić information content (AvgIpc) is 2.42. The molecule has 0 spiro atoms. The van der Waals surface area contributed by atoms with Gasteiger partial charge in [0.15, 0.2) is 0 Å². The molecule has 0 radical (unpaired) electrons. The van der Waals surface area contributed by atoms with Crippen molar-refractivity contribution >= 4 is 17.7 Å². The number of carboxylic acids is 1. The number of likely N-dealkylation sites (tertiary alicyclic amines) is 1. The molecule has 1 heterocycles. The second-order valence-corrected chi connectivity index (χ2v) is 5.47. The van der Waals surface area contributed by atoms with Crippen molar-refractivity contribution in [2.75, 3.05) is 18.4 Å². The monoisotopic (exact) mass is 276 g/mol. The number of hydrogen-bond acceptors (Lipinski definition) is 2. The Morgan fingerprint density at radius 2 is 1.95 bits per heavy atom. The van der Waals surface area contributed by atoms with E-state index in [9.17, 15) is 9.59 Å². The lowest BCUT2D eigenvalue weighted by Gasteiger charge is -2.35. The lowest BCUT2D eigenvalue weighted by atomic mass is 9.89. The van der Waals surface area contributed by atoms with Gasteiger partial charge >= 0.3 is 12.0 Å². The fourth-order valence-corrected chi connectivity index (χ4v) is 2.42. The molecular weight excluding hydrogens is 256 g/mol. The number of carbonyl (C=O) groups is 2. The Labute approximate surface area is 118 Å². The molecule has 108 valence electrons. The number of benzene rings is 1. The molecule has 5 nitrogen and oxygen atoms in total. The Bertz CT molecular complexity index is 516. The first-order valence-electron chi connectivity index (χ1n) is 6.87. The van der Waals surface area contributed by atoms with Gasteiger partial charge in [0.2, 0.25) is 0 Å². The highest BCUT2D eigenvalue weighted by Crippen LogP contribution is 2.23. The molecule has 1 fully saturated rings. The third-order valence-corrected chi connectivity index (χ3v) is 4.02. The number of aromatic carboxylic acids is 1. The van der Waals surface area contributed by atoms with Crippen molar-refractivity contribution in [3.8, 4) is 0 Å². The fourth-order valence-electron chi connectivity index (χ4n) is 2.42. The molecule has 2 unspecified atom stereocenters. The van der Waals surface area contributed by atoms with Gasteiger partial charge in [0, 0.05) is 13.1 Å². The van der Waals surface area contributed by atoms with Gasteiger partial charge in [-0.05, 0) is 30.4 Å². The molecule has 2 atom stereocenters. The number of hydrogen-bond donors (Lipinski definition) is 2. The zero-order valence-corrected chi connectivity index (χ0v) is 11.8. The van der Waals surface area contributed by atoms with E-state index in [0.717, 1.165) is 6.42 Å². The van der Waals surface area contributed by atoms with E-state index in [1.165, 1.54) is 6.07 Å². The van der Waals surface area contributed by atoms with Gasteiger partial charge in [-0.2, -0.15) is 0 Å². The van der Waals surface area contributed by atoms with Crippen LogP contribution in [0.2, 0.25) is 0 Å². The number of nitrogens with one attached hydrogen (secondary N) is 1. The summed E-state index contributed by atoms with van der Waals surface area (Å²) >= 11 is 0. The Morgan fingerprint density at radius 1 is 1.25 bits per heavy atom. The summed E-state index contributed by atoms with van der Waals surface area (Å²) in [6, 6.07) is 6.22. The minimum absolute atomic E-state index is 0.110. The SMILES string of the molecule is CC1CCN(C(=O)Nc2ccccc2C(=O)O)CC1C. The van der Waals surface area contributed by atoms with Crippen molar-refractivity contribution in [1.82, 2.24) is 4.90 Å². The standard InChI is InChI=1S/C15H20N2O3/c1-10-7-8-17(9-11(10)2)15(20)16-13-6-4-3-5-12(13)14(18)19/h3-6,10-11H,7-9H2,1-2H3,(H,16,20)(H,18,19). The highest BCUT2D eigenvalue weighted by molar-refractivity contribution is 5.99. The van der Waals surface area contributed by atoms with E-state index in [-0.39, 0.29) is 11.6 Å². The highest BCUT2D eigenvalue weighted by atomic mass is 16.4. The number of rotatable bonds is 2. The van der Waals surface area contributed by atoms with E-state index in [0.29, 0.717) is 30.6 Å². The molecule has 1 saturated heterocycles. The topological polar surface area (TPSA) is 69.6 Å². The maximum absolute atomic E-state index is 12.2. The summed E-state index contributed by atoms with van der Waals surface area (Å²) in [4.78, 5) is 25.1. The van der Waals surface area contributed by atoms with Gasteiger partial charge in [0.05, 0.1) is 11.3 Å². The molecular formula is C15H20N2O3. The number of nitrogens with zero attached hydrogens (tertiary/aromatic N) is 1. The third-order valence-electron chi connectivity index (χ3n) is 4.02. The normalized spacial score (nSPS) is 22.4. The second-order valence-electron chi connectivity index (χ2n) is 5.47. The van der Waals surface area contributed by atoms with Crippen LogP contribution in [0.15, 0.2) is 24.3 Å². The first-order chi connectivity index (χ1) is 9.49. The molecule has 1 aromatic carbocycles. The molecule has 5 heteroatoms. The lowest BCUT2D eigenvalue weighted by molar-refractivity contribution is 0.0698. The van der Waals surface area contributed by atoms with Crippen LogP contribution in [0.25, 0.3) is 0 Å². The van der Waals surface area contributed by atoms with Gasteiger partial charge in [-0.25, -0.2) is 9.59 Å². The van der Waals surface area contributed by atoms with Crippen molar-refractivity contribution in [3.63, 3.8) is 0 Å². The van der Waals surface area contributed by atoms with Gasteiger partial charge in [-0.15, -0.1) is 0 Å². The zero-order chi connectivity index (χ0) is 14.7. The summed E-state index contributed by atoms with van der Waals surface area (Å²) < 4.78 is 0. The van der Waals surface area contributed by atoms with Crippen molar-refractivity contribution < 1.29 is 14.7 Å². The van der Waals surface area contributed by atoms with Crippen molar-refractivity contribution in [2.45, 2.75) is 20.3 Å². The number of urea groups is 1. The summed E-state index contributed by atoms with van der Waals surface area (Å²) in [7, 11) is 0. The van der Waals surface area contributed by atoms with Crippen LogP contribution in [-0.4, -0.2) is 35.1 Å². The molecule has 20 heavy (non-hydrogen) atoms. The number of piperidine rings is 1. The van der Waals surface area contributed by atoms with Crippen LogP contribution in [0.1, 0.15) is 30.6 Å². The lowest BCUT2D eigenvalue weighted by Crippen LogP contribution is -2.44. The first-order valence-corrected chi connectivity index (χ1v) is 6.87. The van der Waals surface area contributed by atoms with Crippen molar-refractivity contribution in [3.05, 3.63) is 29.8 Å². The predicted molar refractivity (Wildman–Crippen MR) is 76.9 cm³/mol. The molecule has 0 aliphatic carbocycles. The van der Waals surface area contributed by atoms with Crippen molar-refractivity contribution in [1.29, 1.82) is 0 Å². The van der Waals surface area contributed by atoms with Crippen LogP contribution in [0.3, 0.4) is 0 Å². The number of anilines is 1. The van der Waals surface area contributed by atoms with Gasteiger partial charge in [-0.3, -0.25) is 0 Å². The largest absolute Gasteiger partial charge is 0.478 e. The number of amides is 2. The minimum Gasteiger partial charge on any atom is -0.478 e. The summed E-state index contributed by atoms with van der Waals surface area (Å²) in [6.45, 7) is 5.75. The Kier molecular flexibility index (Phi) is 4.27. The Balaban J connectivity index is 2.07. The molecule has 0 saturated carbocycles. The van der Waals surface area contributed by atoms with E-state index in [2.05, 4.69) is 19.2 Å². The van der Waals surface area contributed by atoms with Gasteiger partial charge in [0.25, 0.3) is 0 Å². The van der Waals surface area contributed by atoms with E-state index in [1.54, 1.807) is 23.1 Å². The first kappa shape index (κ1) is 14.4. The maximum Gasteiger partial charge on any atom is 0.337 e. The Morgan fingerprint density at radius 3 is 2.60 bits per heavy atom. The van der Waals surface area contributed by atoms with Gasteiger partial charge in [0.1, 0.15) is 0 Å². The number of para-hydroxylation sites is 1. The highest BCUT2D eigenvalue weighted by Gasteiger charge is 2.26. The quantitative estimate of drug-likeness (QED) is 0.872. The zero-order valence-electron chi connectivity index (χ0n) is 11.8. The molecule has 0 bridgehead atoms. The van der Waals surface area contributed by atoms with Crippen LogP contribution in [0, 0.1) is 11.8 Å². The summed E-state index contributed by atoms with van der Waals surface area (Å²) in [5.41, 5.74) is 0.454. The van der Waals surface area contributed by atoms with Gasteiger partial charge in [-0.1, -0.05) is 26.0 Å².